The largest absolute Gasteiger partial charge is 0.380 e. The molecule has 1 saturated carbocycles. The standard InChI is InChI=1S/C16H15ClIN/c17-15-9-14(18)6-7-16(15)19-10-11-2-1-3-13(8-11)12-4-5-12/h1-3,6-9,12,19H,4-5,10H2. The SMILES string of the molecule is Clc1cc(I)ccc1NCc1cccc(C2CC2)c1. The molecular formula is C16H15ClIN. The first-order valence-electron chi connectivity index (χ1n) is 6.50. The van der Waals surface area contributed by atoms with Gasteiger partial charge in [0.1, 0.15) is 0 Å². The van der Waals surface area contributed by atoms with Crippen LogP contribution in [0.15, 0.2) is 42.5 Å². The van der Waals surface area contributed by atoms with Crippen LogP contribution in [0.3, 0.4) is 0 Å². The van der Waals surface area contributed by atoms with E-state index in [2.05, 4.69) is 58.2 Å². The van der Waals surface area contributed by atoms with Crippen molar-refractivity contribution in [3.63, 3.8) is 0 Å². The van der Waals surface area contributed by atoms with Gasteiger partial charge in [0, 0.05) is 10.1 Å². The second-order valence-electron chi connectivity index (χ2n) is 5.00. The highest BCUT2D eigenvalue weighted by Gasteiger charge is 2.23. The highest BCUT2D eigenvalue weighted by atomic mass is 127. The summed E-state index contributed by atoms with van der Waals surface area (Å²) in [5.74, 6) is 0.807. The summed E-state index contributed by atoms with van der Waals surface area (Å²) in [4.78, 5) is 0. The molecule has 0 aromatic heterocycles. The summed E-state index contributed by atoms with van der Waals surface area (Å²) in [6, 6.07) is 14.9. The number of halogens is 2. The Hall–Kier alpha value is -0.740. The van der Waals surface area contributed by atoms with Gasteiger partial charge in [0.25, 0.3) is 0 Å². The first-order chi connectivity index (χ1) is 9.22. The van der Waals surface area contributed by atoms with Crippen LogP contribution in [-0.2, 0) is 6.54 Å². The molecule has 0 radical (unpaired) electrons. The second kappa shape index (κ2) is 5.71. The van der Waals surface area contributed by atoms with Gasteiger partial charge in [-0.2, -0.15) is 0 Å². The van der Waals surface area contributed by atoms with Gasteiger partial charge < -0.3 is 5.32 Å². The highest BCUT2D eigenvalue weighted by molar-refractivity contribution is 14.1. The quantitative estimate of drug-likeness (QED) is 0.694. The smallest absolute Gasteiger partial charge is 0.0648 e. The summed E-state index contributed by atoms with van der Waals surface area (Å²) in [5, 5.41) is 4.19. The molecule has 0 unspecified atom stereocenters. The van der Waals surface area contributed by atoms with E-state index in [1.807, 2.05) is 12.1 Å². The van der Waals surface area contributed by atoms with Gasteiger partial charge in [-0.1, -0.05) is 35.9 Å². The van der Waals surface area contributed by atoms with Crippen LogP contribution in [0, 0.1) is 3.57 Å². The number of hydrogen-bond donors (Lipinski definition) is 1. The average molecular weight is 384 g/mol. The van der Waals surface area contributed by atoms with Gasteiger partial charge in [-0.05, 0) is 70.7 Å². The topological polar surface area (TPSA) is 12.0 Å². The summed E-state index contributed by atoms with van der Waals surface area (Å²) in [6.07, 6.45) is 2.69. The van der Waals surface area contributed by atoms with Crippen molar-refractivity contribution in [3.8, 4) is 0 Å². The summed E-state index contributed by atoms with van der Waals surface area (Å²) in [5.41, 5.74) is 3.80. The van der Waals surface area contributed by atoms with Crippen LogP contribution in [0.1, 0.15) is 29.9 Å². The van der Waals surface area contributed by atoms with Gasteiger partial charge in [-0.3, -0.25) is 0 Å². The monoisotopic (exact) mass is 383 g/mol. The number of rotatable bonds is 4. The molecule has 0 spiro atoms. The van der Waals surface area contributed by atoms with E-state index >= 15 is 0 Å². The Morgan fingerprint density at radius 3 is 2.74 bits per heavy atom. The van der Waals surface area contributed by atoms with Crippen molar-refractivity contribution < 1.29 is 0 Å². The van der Waals surface area contributed by atoms with Crippen LogP contribution in [0.25, 0.3) is 0 Å². The molecule has 1 aliphatic rings. The Kier molecular flexibility index (Phi) is 3.99. The molecule has 2 aromatic rings. The zero-order valence-electron chi connectivity index (χ0n) is 10.5. The lowest BCUT2D eigenvalue weighted by Crippen LogP contribution is -2.00. The fourth-order valence-corrected chi connectivity index (χ4v) is 3.13. The zero-order valence-corrected chi connectivity index (χ0v) is 13.4. The third-order valence-corrected chi connectivity index (χ3v) is 4.40. The van der Waals surface area contributed by atoms with E-state index in [1.54, 1.807) is 0 Å². The van der Waals surface area contributed by atoms with Gasteiger partial charge >= 0.3 is 0 Å². The summed E-state index contributed by atoms with van der Waals surface area (Å²) in [7, 11) is 0. The zero-order chi connectivity index (χ0) is 13.2. The Balaban J connectivity index is 1.69. The van der Waals surface area contributed by atoms with Crippen LogP contribution < -0.4 is 5.32 Å². The van der Waals surface area contributed by atoms with Crippen LogP contribution in [0.5, 0.6) is 0 Å². The van der Waals surface area contributed by atoms with Crippen LogP contribution in [0.2, 0.25) is 5.02 Å². The first-order valence-corrected chi connectivity index (χ1v) is 7.96. The lowest BCUT2D eigenvalue weighted by atomic mass is 10.1. The molecular weight excluding hydrogens is 369 g/mol. The maximum absolute atomic E-state index is 6.22. The number of nitrogens with one attached hydrogen (secondary N) is 1. The fraction of sp³-hybridized carbons (Fsp3) is 0.250. The summed E-state index contributed by atoms with van der Waals surface area (Å²) in [6.45, 7) is 0.820. The van der Waals surface area contributed by atoms with E-state index < -0.39 is 0 Å². The maximum Gasteiger partial charge on any atom is 0.0648 e. The minimum Gasteiger partial charge on any atom is -0.380 e. The Bertz CT molecular complexity index is 593. The molecule has 3 heteroatoms. The molecule has 19 heavy (non-hydrogen) atoms. The van der Waals surface area contributed by atoms with Gasteiger partial charge in [0.15, 0.2) is 0 Å². The predicted molar refractivity (Wildman–Crippen MR) is 89.9 cm³/mol. The van der Waals surface area contributed by atoms with Crippen molar-refractivity contribution in [1.82, 2.24) is 0 Å². The van der Waals surface area contributed by atoms with Gasteiger partial charge in [0.05, 0.1) is 10.7 Å². The molecule has 0 atom stereocenters. The third-order valence-electron chi connectivity index (χ3n) is 3.41. The Labute approximate surface area is 132 Å². The van der Waals surface area contributed by atoms with Gasteiger partial charge in [-0.25, -0.2) is 0 Å². The van der Waals surface area contributed by atoms with Gasteiger partial charge in [-0.15, -0.1) is 0 Å². The third kappa shape index (κ3) is 3.42. The first kappa shape index (κ1) is 13.3. The van der Waals surface area contributed by atoms with E-state index in [4.69, 9.17) is 11.6 Å². The molecule has 1 fully saturated rings. The predicted octanol–water partition coefficient (Wildman–Crippen LogP) is 5.43. The van der Waals surface area contributed by atoms with Crippen molar-refractivity contribution >= 4 is 39.9 Å². The minimum atomic E-state index is 0.783. The van der Waals surface area contributed by atoms with Crippen molar-refractivity contribution in [3.05, 3.63) is 62.2 Å². The average Bonchev–Trinajstić information content (AvgIpc) is 3.22. The highest BCUT2D eigenvalue weighted by Crippen LogP contribution is 2.40. The molecule has 3 rings (SSSR count). The molecule has 0 saturated heterocycles. The van der Waals surface area contributed by atoms with E-state index in [9.17, 15) is 0 Å². The molecule has 0 aliphatic heterocycles. The van der Waals surface area contributed by atoms with Crippen LogP contribution >= 0.6 is 34.2 Å². The number of anilines is 1. The molecule has 2 aromatic carbocycles. The Morgan fingerprint density at radius 2 is 2.00 bits per heavy atom. The van der Waals surface area contributed by atoms with E-state index in [-0.39, 0.29) is 0 Å². The van der Waals surface area contributed by atoms with Crippen LogP contribution in [-0.4, -0.2) is 0 Å². The minimum absolute atomic E-state index is 0.783. The van der Waals surface area contributed by atoms with Crippen molar-refractivity contribution in [2.24, 2.45) is 0 Å². The van der Waals surface area contributed by atoms with Gasteiger partial charge in [0.2, 0.25) is 0 Å². The molecule has 98 valence electrons. The van der Waals surface area contributed by atoms with E-state index in [1.165, 1.54) is 24.0 Å². The molecule has 1 N–H and O–H groups in total. The van der Waals surface area contributed by atoms with Crippen LogP contribution in [0.4, 0.5) is 5.69 Å². The maximum atomic E-state index is 6.22. The summed E-state index contributed by atoms with van der Waals surface area (Å²) < 4.78 is 1.16. The molecule has 1 aliphatic carbocycles. The molecule has 0 amide bonds. The number of benzene rings is 2. The van der Waals surface area contributed by atoms with Crippen molar-refractivity contribution in [2.75, 3.05) is 5.32 Å². The molecule has 1 nitrogen and oxygen atoms in total. The lowest BCUT2D eigenvalue weighted by Gasteiger charge is -2.10. The lowest BCUT2D eigenvalue weighted by molar-refractivity contribution is 1.09. The normalized spacial score (nSPS) is 14.4. The van der Waals surface area contributed by atoms with E-state index in [0.29, 0.717) is 0 Å². The number of hydrogen-bond acceptors (Lipinski definition) is 1. The fourth-order valence-electron chi connectivity index (χ4n) is 2.20. The van der Waals surface area contributed by atoms with Crippen molar-refractivity contribution in [2.45, 2.75) is 25.3 Å². The van der Waals surface area contributed by atoms with E-state index in [0.717, 1.165) is 26.7 Å². The molecule has 0 heterocycles. The Morgan fingerprint density at radius 1 is 1.16 bits per heavy atom. The van der Waals surface area contributed by atoms with Crippen molar-refractivity contribution in [1.29, 1.82) is 0 Å². The molecule has 0 bridgehead atoms. The summed E-state index contributed by atoms with van der Waals surface area (Å²) >= 11 is 8.49. The second-order valence-corrected chi connectivity index (χ2v) is 6.65.